The average molecular weight is 342 g/mol. The Morgan fingerprint density at radius 1 is 1.24 bits per heavy atom. The first-order chi connectivity index (χ1) is 12.2. The van der Waals surface area contributed by atoms with Gasteiger partial charge in [0.1, 0.15) is 0 Å². The van der Waals surface area contributed by atoms with Gasteiger partial charge in [0.2, 0.25) is 5.91 Å². The van der Waals surface area contributed by atoms with E-state index in [2.05, 4.69) is 39.8 Å². The molecule has 1 aromatic carbocycles. The first kappa shape index (κ1) is 16.4. The van der Waals surface area contributed by atoms with Gasteiger partial charge in [-0.25, -0.2) is 4.79 Å². The number of hydrogen-bond acceptors (Lipinski definition) is 3. The van der Waals surface area contributed by atoms with E-state index in [4.69, 9.17) is 0 Å². The molecule has 6 nitrogen and oxygen atoms in total. The number of amides is 3. The van der Waals surface area contributed by atoms with Crippen molar-refractivity contribution in [2.75, 3.05) is 32.7 Å². The lowest BCUT2D eigenvalue weighted by Gasteiger charge is -2.24. The number of nitrogens with one attached hydrogen (secondary N) is 2. The summed E-state index contributed by atoms with van der Waals surface area (Å²) in [5.74, 6) is 0.204. The van der Waals surface area contributed by atoms with E-state index in [1.165, 1.54) is 12.0 Å². The predicted molar refractivity (Wildman–Crippen MR) is 95.0 cm³/mol. The molecule has 4 rings (SSSR count). The molecule has 1 aromatic rings. The van der Waals surface area contributed by atoms with E-state index in [9.17, 15) is 9.59 Å². The Bertz CT molecular complexity index is 636. The summed E-state index contributed by atoms with van der Waals surface area (Å²) >= 11 is 0. The fourth-order valence-corrected chi connectivity index (χ4v) is 4.62. The highest BCUT2D eigenvalue weighted by molar-refractivity contribution is 5.80. The second kappa shape index (κ2) is 7.04. The van der Waals surface area contributed by atoms with Crippen LogP contribution in [-0.4, -0.2) is 60.5 Å². The van der Waals surface area contributed by atoms with Gasteiger partial charge in [0, 0.05) is 38.3 Å². The molecule has 3 atom stereocenters. The number of benzene rings is 1. The molecule has 6 heteroatoms. The zero-order valence-corrected chi connectivity index (χ0v) is 14.5. The van der Waals surface area contributed by atoms with Gasteiger partial charge in [-0.1, -0.05) is 30.3 Å². The Morgan fingerprint density at radius 2 is 2.08 bits per heavy atom. The maximum Gasteiger partial charge on any atom is 0.317 e. The number of carbonyl (C=O) groups excluding carboxylic acids is 2. The lowest BCUT2D eigenvalue weighted by Crippen LogP contribution is -2.41. The van der Waals surface area contributed by atoms with E-state index in [1.807, 2.05) is 6.07 Å². The van der Waals surface area contributed by atoms with Crippen LogP contribution in [0.15, 0.2) is 30.3 Å². The molecule has 0 spiro atoms. The summed E-state index contributed by atoms with van der Waals surface area (Å²) < 4.78 is 0. The maximum absolute atomic E-state index is 12.8. The Labute approximate surface area is 148 Å². The smallest absolute Gasteiger partial charge is 0.317 e. The summed E-state index contributed by atoms with van der Waals surface area (Å²) in [5, 5.41) is 5.85. The van der Waals surface area contributed by atoms with Crippen molar-refractivity contribution in [2.45, 2.75) is 31.3 Å². The Hall–Kier alpha value is -2.08. The number of hydrogen-bond donors (Lipinski definition) is 2. The van der Waals surface area contributed by atoms with Crippen LogP contribution in [0, 0.1) is 5.92 Å². The van der Waals surface area contributed by atoms with Crippen molar-refractivity contribution in [1.29, 1.82) is 0 Å². The molecule has 3 aliphatic rings. The summed E-state index contributed by atoms with van der Waals surface area (Å²) in [6, 6.07) is 11.2. The van der Waals surface area contributed by atoms with Gasteiger partial charge in [-0.3, -0.25) is 9.69 Å². The molecule has 134 valence electrons. The number of carbonyl (C=O) groups is 2. The summed E-state index contributed by atoms with van der Waals surface area (Å²) in [5.41, 5.74) is 1.32. The fourth-order valence-electron chi connectivity index (χ4n) is 4.62. The summed E-state index contributed by atoms with van der Waals surface area (Å²) in [6.45, 7) is 3.63. The van der Waals surface area contributed by atoms with Crippen LogP contribution in [0.2, 0.25) is 0 Å². The van der Waals surface area contributed by atoms with E-state index in [0.29, 0.717) is 31.7 Å². The van der Waals surface area contributed by atoms with E-state index >= 15 is 0 Å². The first-order valence-electron chi connectivity index (χ1n) is 9.35. The van der Waals surface area contributed by atoms with Gasteiger partial charge >= 0.3 is 6.03 Å². The van der Waals surface area contributed by atoms with Gasteiger partial charge in [0.05, 0.1) is 5.92 Å². The van der Waals surface area contributed by atoms with Crippen molar-refractivity contribution >= 4 is 11.9 Å². The van der Waals surface area contributed by atoms with Crippen molar-refractivity contribution in [1.82, 2.24) is 20.4 Å². The van der Waals surface area contributed by atoms with Crippen molar-refractivity contribution in [3.63, 3.8) is 0 Å². The normalized spacial score (nSPS) is 28.9. The van der Waals surface area contributed by atoms with Crippen molar-refractivity contribution < 1.29 is 9.59 Å². The minimum absolute atomic E-state index is 0.0266. The van der Waals surface area contributed by atoms with Crippen LogP contribution in [0.3, 0.4) is 0 Å². The molecule has 0 bridgehead atoms. The largest absolute Gasteiger partial charge is 0.354 e. The van der Waals surface area contributed by atoms with Gasteiger partial charge < -0.3 is 15.5 Å². The molecule has 0 unspecified atom stereocenters. The molecule has 2 N–H and O–H groups in total. The van der Waals surface area contributed by atoms with E-state index < -0.39 is 0 Å². The molecule has 3 saturated heterocycles. The third kappa shape index (κ3) is 3.23. The van der Waals surface area contributed by atoms with Crippen LogP contribution in [0.4, 0.5) is 4.79 Å². The molecule has 0 aromatic heterocycles. The third-order valence-corrected chi connectivity index (χ3v) is 5.83. The Morgan fingerprint density at radius 3 is 2.84 bits per heavy atom. The lowest BCUT2D eigenvalue weighted by molar-refractivity contribution is -0.125. The quantitative estimate of drug-likeness (QED) is 0.849. The zero-order valence-electron chi connectivity index (χ0n) is 14.5. The molecule has 0 saturated carbocycles. The number of urea groups is 1. The van der Waals surface area contributed by atoms with Crippen molar-refractivity contribution in [3.8, 4) is 0 Å². The molecule has 3 aliphatic heterocycles. The van der Waals surface area contributed by atoms with E-state index in [0.717, 1.165) is 25.9 Å². The lowest BCUT2D eigenvalue weighted by atomic mass is 9.93. The van der Waals surface area contributed by atoms with Crippen LogP contribution in [0.25, 0.3) is 0 Å². The van der Waals surface area contributed by atoms with Gasteiger partial charge in [-0.05, 0) is 31.4 Å². The minimum atomic E-state index is -0.0266. The van der Waals surface area contributed by atoms with Crippen LogP contribution in [0.5, 0.6) is 0 Å². The highest BCUT2D eigenvalue weighted by Gasteiger charge is 2.46. The second-order valence-corrected chi connectivity index (χ2v) is 7.23. The molecular formula is C19H26N4O2. The Kier molecular flexibility index (Phi) is 4.61. The van der Waals surface area contributed by atoms with Crippen molar-refractivity contribution in [2.24, 2.45) is 5.92 Å². The third-order valence-electron chi connectivity index (χ3n) is 5.83. The molecule has 25 heavy (non-hydrogen) atoms. The van der Waals surface area contributed by atoms with Crippen LogP contribution >= 0.6 is 0 Å². The molecule has 3 heterocycles. The van der Waals surface area contributed by atoms with Gasteiger partial charge in [0.15, 0.2) is 0 Å². The van der Waals surface area contributed by atoms with Gasteiger partial charge in [0.25, 0.3) is 0 Å². The van der Waals surface area contributed by atoms with Crippen LogP contribution in [-0.2, 0) is 4.79 Å². The standard InChI is InChI=1S/C19H26N4O2/c24-18(20-8-11-22-12-9-21-19(22)25)15-13-17(14-5-2-1-3-6-14)23-10-4-7-16(15)23/h1-3,5-6,15-17H,4,7-13H2,(H,20,24)(H,21,25)/t15-,16+,17-/m1/s1. The summed E-state index contributed by atoms with van der Waals surface area (Å²) in [7, 11) is 0. The molecule has 0 aliphatic carbocycles. The Balaban J connectivity index is 1.36. The molecule has 3 fully saturated rings. The fraction of sp³-hybridized carbons (Fsp3) is 0.579. The minimum Gasteiger partial charge on any atom is -0.354 e. The van der Waals surface area contributed by atoms with E-state index in [-0.39, 0.29) is 17.9 Å². The topological polar surface area (TPSA) is 64.7 Å². The highest BCUT2D eigenvalue weighted by atomic mass is 16.2. The van der Waals surface area contributed by atoms with Gasteiger partial charge in [-0.2, -0.15) is 0 Å². The van der Waals surface area contributed by atoms with Gasteiger partial charge in [-0.15, -0.1) is 0 Å². The van der Waals surface area contributed by atoms with E-state index in [1.54, 1.807) is 4.90 Å². The maximum atomic E-state index is 12.8. The molecule has 3 amide bonds. The SMILES string of the molecule is O=C(NCCN1CCNC1=O)[C@@H]1C[C@H](c2ccccc2)N2CCC[C@@H]12. The number of rotatable bonds is 5. The van der Waals surface area contributed by atoms with Crippen molar-refractivity contribution in [3.05, 3.63) is 35.9 Å². The molecule has 0 radical (unpaired) electrons. The van der Waals surface area contributed by atoms with Crippen LogP contribution in [0.1, 0.15) is 30.9 Å². The predicted octanol–water partition coefficient (Wildman–Crippen LogP) is 1.35. The molecular weight excluding hydrogens is 316 g/mol. The monoisotopic (exact) mass is 342 g/mol. The zero-order chi connectivity index (χ0) is 17.2. The summed E-state index contributed by atoms with van der Waals surface area (Å²) in [6.07, 6.45) is 3.17. The van der Waals surface area contributed by atoms with Crippen LogP contribution < -0.4 is 10.6 Å². The average Bonchev–Trinajstić information content (AvgIpc) is 3.32. The highest BCUT2D eigenvalue weighted by Crippen LogP contribution is 2.44. The first-order valence-corrected chi connectivity index (χ1v) is 9.35. The number of nitrogens with zero attached hydrogens (tertiary/aromatic N) is 2. The summed E-state index contributed by atoms with van der Waals surface area (Å²) in [4.78, 5) is 28.6. The second-order valence-electron chi connectivity index (χ2n) is 7.23. The number of fused-ring (bicyclic) bond motifs is 1.